The number of aliphatic hydroxyl groups is 1. The molecule has 1 aromatic carbocycles. The van der Waals surface area contributed by atoms with Gasteiger partial charge in [0.25, 0.3) is 0 Å². The van der Waals surface area contributed by atoms with E-state index in [1.165, 1.54) is 4.90 Å². The lowest BCUT2D eigenvalue weighted by Crippen LogP contribution is -2.44. The topological polar surface area (TPSA) is 84.6 Å². The molecule has 1 aliphatic heterocycles. The van der Waals surface area contributed by atoms with E-state index in [-0.39, 0.29) is 5.92 Å². The second-order valence-corrected chi connectivity index (χ2v) is 4.42. The molecule has 2 unspecified atom stereocenters. The highest BCUT2D eigenvalue weighted by Gasteiger charge is 2.31. The van der Waals surface area contributed by atoms with Gasteiger partial charge < -0.3 is 15.1 Å². The van der Waals surface area contributed by atoms with Crippen LogP contribution in [0.5, 0.6) is 0 Å². The lowest BCUT2D eigenvalue weighted by atomic mass is 9.88. The third-order valence-electron chi connectivity index (χ3n) is 3.31. The number of nitrogens with zero attached hydrogens (tertiary/aromatic N) is 2. The van der Waals surface area contributed by atoms with Crippen molar-refractivity contribution in [3.8, 4) is 6.07 Å². The predicted molar refractivity (Wildman–Crippen MR) is 64.1 cm³/mol. The number of carboxylic acid groups (broad SMARTS) is 1. The first kappa shape index (κ1) is 12.4. The molecular formula is C13H14N2O3. The molecule has 1 fully saturated rings. The normalized spacial score (nSPS) is 23.4. The van der Waals surface area contributed by atoms with Crippen LogP contribution in [0.15, 0.2) is 24.3 Å². The van der Waals surface area contributed by atoms with Crippen LogP contribution in [0.4, 0.5) is 4.79 Å². The summed E-state index contributed by atoms with van der Waals surface area (Å²) < 4.78 is 0. The van der Waals surface area contributed by atoms with Crippen molar-refractivity contribution in [1.29, 1.82) is 5.26 Å². The van der Waals surface area contributed by atoms with Gasteiger partial charge in [0.1, 0.15) is 0 Å². The Bertz CT molecular complexity index is 478. The second kappa shape index (κ2) is 5.07. The monoisotopic (exact) mass is 246 g/mol. The molecule has 0 bridgehead atoms. The number of amides is 1. The van der Waals surface area contributed by atoms with E-state index in [0.29, 0.717) is 25.1 Å². The zero-order chi connectivity index (χ0) is 13.1. The summed E-state index contributed by atoms with van der Waals surface area (Å²) in [5.41, 5.74) is 1.42. The van der Waals surface area contributed by atoms with Crippen LogP contribution in [0.3, 0.4) is 0 Å². The van der Waals surface area contributed by atoms with E-state index in [0.717, 1.165) is 5.56 Å². The van der Waals surface area contributed by atoms with Crippen LogP contribution in [-0.4, -0.2) is 40.4 Å². The van der Waals surface area contributed by atoms with Gasteiger partial charge in [-0.25, -0.2) is 4.79 Å². The number of nitriles is 1. The summed E-state index contributed by atoms with van der Waals surface area (Å²) in [7, 11) is 0. The summed E-state index contributed by atoms with van der Waals surface area (Å²) >= 11 is 0. The van der Waals surface area contributed by atoms with Gasteiger partial charge in [-0.15, -0.1) is 0 Å². The SMILES string of the molecule is N#Cc1ccc(C2CN(C(=O)O)CCC2O)cc1. The molecule has 1 saturated heterocycles. The number of likely N-dealkylation sites (tertiary alicyclic amines) is 1. The van der Waals surface area contributed by atoms with Crippen LogP contribution >= 0.6 is 0 Å². The number of aliphatic hydroxyl groups excluding tert-OH is 1. The van der Waals surface area contributed by atoms with Gasteiger partial charge in [0.05, 0.1) is 17.7 Å². The maximum atomic E-state index is 10.9. The van der Waals surface area contributed by atoms with E-state index >= 15 is 0 Å². The van der Waals surface area contributed by atoms with Crippen LogP contribution in [-0.2, 0) is 0 Å². The maximum Gasteiger partial charge on any atom is 0.407 e. The first-order valence-electron chi connectivity index (χ1n) is 5.78. The molecule has 1 aromatic rings. The number of hydrogen-bond acceptors (Lipinski definition) is 3. The molecule has 0 spiro atoms. The van der Waals surface area contributed by atoms with Gasteiger partial charge in [0, 0.05) is 19.0 Å². The molecule has 0 aromatic heterocycles. The van der Waals surface area contributed by atoms with Crippen molar-refractivity contribution in [2.24, 2.45) is 0 Å². The molecule has 1 heterocycles. The molecule has 2 atom stereocenters. The molecule has 0 saturated carbocycles. The number of rotatable bonds is 1. The smallest absolute Gasteiger partial charge is 0.407 e. The summed E-state index contributed by atoms with van der Waals surface area (Å²) in [5, 5.41) is 27.7. The Morgan fingerprint density at radius 1 is 1.39 bits per heavy atom. The fourth-order valence-corrected chi connectivity index (χ4v) is 2.25. The maximum absolute atomic E-state index is 10.9. The van der Waals surface area contributed by atoms with E-state index in [9.17, 15) is 9.90 Å². The van der Waals surface area contributed by atoms with Crippen molar-refractivity contribution < 1.29 is 15.0 Å². The quantitative estimate of drug-likeness (QED) is 0.784. The molecule has 5 heteroatoms. The zero-order valence-electron chi connectivity index (χ0n) is 9.78. The Kier molecular flexibility index (Phi) is 3.49. The Morgan fingerprint density at radius 2 is 2.06 bits per heavy atom. The highest BCUT2D eigenvalue weighted by molar-refractivity contribution is 5.65. The summed E-state index contributed by atoms with van der Waals surface area (Å²) in [6, 6.07) is 8.94. The second-order valence-electron chi connectivity index (χ2n) is 4.42. The molecular weight excluding hydrogens is 232 g/mol. The fourth-order valence-electron chi connectivity index (χ4n) is 2.25. The predicted octanol–water partition coefficient (Wildman–Crippen LogP) is 1.39. The highest BCUT2D eigenvalue weighted by atomic mass is 16.4. The van der Waals surface area contributed by atoms with Gasteiger partial charge in [0.15, 0.2) is 0 Å². The van der Waals surface area contributed by atoms with Crippen molar-refractivity contribution in [2.75, 3.05) is 13.1 Å². The summed E-state index contributed by atoms with van der Waals surface area (Å²) in [6.07, 6.45) is -1.05. The number of piperidine rings is 1. The van der Waals surface area contributed by atoms with E-state index in [1.807, 2.05) is 6.07 Å². The molecule has 18 heavy (non-hydrogen) atoms. The standard InChI is InChI=1S/C13H14N2O3/c14-7-9-1-3-10(4-2-9)11-8-15(13(17)18)6-5-12(11)16/h1-4,11-12,16H,5-6,8H2,(H,17,18). The van der Waals surface area contributed by atoms with Crippen molar-refractivity contribution in [3.05, 3.63) is 35.4 Å². The van der Waals surface area contributed by atoms with Gasteiger partial charge in [-0.05, 0) is 24.1 Å². The number of carbonyl (C=O) groups is 1. The van der Waals surface area contributed by atoms with Crippen LogP contribution in [0, 0.1) is 11.3 Å². The van der Waals surface area contributed by atoms with Crippen molar-refractivity contribution in [3.63, 3.8) is 0 Å². The fraction of sp³-hybridized carbons (Fsp3) is 0.385. The molecule has 1 aliphatic rings. The van der Waals surface area contributed by atoms with Crippen LogP contribution in [0.2, 0.25) is 0 Å². The van der Waals surface area contributed by atoms with Gasteiger partial charge in [-0.2, -0.15) is 5.26 Å². The molecule has 1 amide bonds. The van der Waals surface area contributed by atoms with Gasteiger partial charge in [0.2, 0.25) is 0 Å². The highest BCUT2D eigenvalue weighted by Crippen LogP contribution is 2.27. The average molecular weight is 246 g/mol. The molecule has 94 valence electrons. The van der Waals surface area contributed by atoms with Crippen molar-refractivity contribution in [1.82, 2.24) is 4.90 Å². The van der Waals surface area contributed by atoms with Crippen LogP contribution in [0.1, 0.15) is 23.5 Å². The van der Waals surface area contributed by atoms with E-state index in [1.54, 1.807) is 24.3 Å². The zero-order valence-corrected chi connectivity index (χ0v) is 9.78. The minimum Gasteiger partial charge on any atom is -0.465 e. The molecule has 0 radical (unpaired) electrons. The van der Waals surface area contributed by atoms with Crippen molar-refractivity contribution >= 4 is 6.09 Å². The van der Waals surface area contributed by atoms with E-state index in [2.05, 4.69) is 0 Å². The van der Waals surface area contributed by atoms with Gasteiger partial charge in [-0.3, -0.25) is 0 Å². The lowest BCUT2D eigenvalue weighted by Gasteiger charge is -2.34. The third-order valence-corrected chi connectivity index (χ3v) is 3.31. The van der Waals surface area contributed by atoms with E-state index < -0.39 is 12.2 Å². The Hall–Kier alpha value is -2.06. The van der Waals surface area contributed by atoms with Crippen LogP contribution in [0.25, 0.3) is 0 Å². The first-order chi connectivity index (χ1) is 8.61. The first-order valence-corrected chi connectivity index (χ1v) is 5.78. The van der Waals surface area contributed by atoms with Crippen LogP contribution < -0.4 is 0 Å². The summed E-state index contributed by atoms with van der Waals surface area (Å²) in [4.78, 5) is 12.3. The lowest BCUT2D eigenvalue weighted by molar-refractivity contribution is 0.0586. The largest absolute Gasteiger partial charge is 0.465 e. The third kappa shape index (κ3) is 2.44. The van der Waals surface area contributed by atoms with E-state index in [4.69, 9.17) is 10.4 Å². The Morgan fingerprint density at radius 3 is 2.61 bits per heavy atom. The molecule has 5 nitrogen and oxygen atoms in total. The number of hydrogen-bond donors (Lipinski definition) is 2. The van der Waals surface area contributed by atoms with Gasteiger partial charge >= 0.3 is 6.09 Å². The average Bonchev–Trinajstić information content (AvgIpc) is 2.39. The minimum atomic E-state index is -0.958. The minimum absolute atomic E-state index is 0.220. The van der Waals surface area contributed by atoms with Crippen molar-refractivity contribution in [2.45, 2.75) is 18.4 Å². The summed E-state index contributed by atoms with van der Waals surface area (Å²) in [5.74, 6) is -0.220. The molecule has 2 rings (SSSR count). The number of benzene rings is 1. The molecule has 0 aliphatic carbocycles. The Balaban J connectivity index is 2.19. The molecule has 2 N–H and O–H groups in total. The summed E-state index contributed by atoms with van der Waals surface area (Å²) in [6.45, 7) is 0.658. The Labute approximate surface area is 105 Å². The van der Waals surface area contributed by atoms with Gasteiger partial charge in [-0.1, -0.05) is 12.1 Å².